The fourth-order valence-electron chi connectivity index (χ4n) is 3.68. The predicted molar refractivity (Wildman–Crippen MR) is 134 cm³/mol. The summed E-state index contributed by atoms with van der Waals surface area (Å²) in [5, 5.41) is 4.14. The number of carbonyl (C=O) groups is 2. The van der Waals surface area contributed by atoms with E-state index in [1.807, 2.05) is 67.6 Å². The molecule has 33 heavy (non-hydrogen) atoms. The van der Waals surface area contributed by atoms with Gasteiger partial charge in [0.25, 0.3) is 0 Å². The van der Waals surface area contributed by atoms with Crippen LogP contribution in [0.4, 0.5) is 0 Å². The molecule has 0 saturated carbocycles. The molecular weight excluding hydrogens is 455 g/mol. The maximum atomic E-state index is 13.6. The number of nitrogens with one attached hydrogen (secondary N) is 1. The number of hydrogen-bond donors (Lipinski definition) is 1. The van der Waals surface area contributed by atoms with Gasteiger partial charge in [0.2, 0.25) is 11.8 Å². The molecule has 0 aliphatic carbocycles. The Balaban J connectivity index is 1.95. The van der Waals surface area contributed by atoms with Gasteiger partial charge in [-0.1, -0.05) is 84.7 Å². The lowest BCUT2D eigenvalue weighted by molar-refractivity contribution is -0.140. The summed E-state index contributed by atoms with van der Waals surface area (Å²) in [4.78, 5) is 28.5. The van der Waals surface area contributed by atoms with Crippen LogP contribution < -0.4 is 5.32 Å². The summed E-state index contributed by atoms with van der Waals surface area (Å²) in [5.41, 5.74) is 2.65. The fraction of sp³-hybridized carbons (Fsp3) is 0.259. The highest BCUT2D eigenvalue weighted by Gasteiger charge is 2.30. The number of benzene rings is 3. The molecule has 6 heteroatoms. The molecule has 0 aliphatic heterocycles. The molecule has 0 heterocycles. The zero-order valence-corrected chi connectivity index (χ0v) is 20.1. The summed E-state index contributed by atoms with van der Waals surface area (Å²) in [6.07, 6.45) is 1.38. The average Bonchev–Trinajstić information content (AvgIpc) is 2.80. The standard InChI is InChI=1S/C27H28Cl2N2O2/c1-2-14-30-27(33)25(17-20-8-4-3-5-9-20)31(19-22-11-7-13-24(29)16-22)26(32)18-21-10-6-12-23(28)15-21/h3-13,15-16,25H,2,14,17-19H2,1H3,(H,30,33)/t25-/m1/s1. The van der Waals surface area contributed by atoms with Gasteiger partial charge in [0, 0.05) is 29.6 Å². The first-order chi connectivity index (χ1) is 16.0. The normalized spacial score (nSPS) is 11.6. The Hall–Kier alpha value is -2.82. The molecule has 1 atom stereocenters. The van der Waals surface area contributed by atoms with E-state index in [9.17, 15) is 9.59 Å². The minimum atomic E-state index is -0.662. The molecule has 172 valence electrons. The molecular formula is C27H28Cl2N2O2. The largest absolute Gasteiger partial charge is 0.354 e. The Kier molecular flexibility index (Phi) is 9.35. The van der Waals surface area contributed by atoms with Crippen molar-refractivity contribution in [1.29, 1.82) is 0 Å². The van der Waals surface area contributed by atoms with Crippen LogP contribution in [0.5, 0.6) is 0 Å². The van der Waals surface area contributed by atoms with Gasteiger partial charge >= 0.3 is 0 Å². The van der Waals surface area contributed by atoms with Crippen molar-refractivity contribution in [2.75, 3.05) is 6.54 Å². The molecule has 2 amide bonds. The van der Waals surface area contributed by atoms with Crippen molar-refractivity contribution in [3.05, 3.63) is 106 Å². The Morgan fingerprint density at radius 3 is 2.09 bits per heavy atom. The smallest absolute Gasteiger partial charge is 0.243 e. The van der Waals surface area contributed by atoms with E-state index in [1.54, 1.807) is 23.1 Å². The van der Waals surface area contributed by atoms with Gasteiger partial charge in [-0.2, -0.15) is 0 Å². The summed E-state index contributed by atoms with van der Waals surface area (Å²) in [6, 6.07) is 23.7. The van der Waals surface area contributed by atoms with E-state index in [1.165, 1.54) is 0 Å². The first kappa shape index (κ1) is 24.8. The van der Waals surface area contributed by atoms with E-state index in [0.717, 1.165) is 23.1 Å². The Labute approximate surface area is 205 Å². The van der Waals surface area contributed by atoms with E-state index in [2.05, 4.69) is 5.32 Å². The molecule has 3 aromatic carbocycles. The molecule has 3 rings (SSSR count). The highest BCUT2D eigenvalue weighted by Crippen LogP contribution is 2.19. The van der Waals surface area contributed by atoms with Crippen LogP contribution in [0, 0.1) is 0 Å². The maximum absolute atomic E-state index is 13.6. The van der Waals surface area contributed by atoms with Gasteiger partial charge in [-0.05, 0) is 47.4 Å². The van der Waals surface area contributed by atoms with Crippen LogP contribution in [-0.4, -0.2) is 29.3 Å². The van der Waals surface area contributed by atoms with Crippen molar-refractivity contribution >= 4 is 35.0 Å². The second-order valence-corrected chi connectivity index (χ2v) is 8.83. The molecule has 0 radical (unpaired) electrons. The lowest BCUT2D eigenvalue weighted by atomic mass is 10.0. The summed E-state index contributed by atoms with van der Waals surface area (Å²) < 4.78 is 0. The third kappa shape index (κ3) is 7.62. The first-order valence-corrected chi connectivity index (χ1v) is 11.8. The van der Waals surface area contributed by atoms with E-state index < -0.39 is 6.04 Å². The van der Waals surface area contributed by atoms with Crippen LogP contribution in [0.15, 0.2) is 78.9 Å². The number of hydrogen-bond acceptors (Lipinski definition) is 2. The Morgan fingerprint density at radius 2 is 1.45 bits per heavy atom. The summed E-state index contributed by atoms with van der Waals surface area (Å²) in [6.45, 7) is 2.83. The van der Waals surface area contributed by atoms with E-state index in [-0.39, 0.29) is 24.8 Å². The molecule has 0 fully saturated rings. The molecule has 0 aromatic heterocycles. The molecule has 0 saturated heterocycles. The van der Waals surface area contributed by atoms with Crippen LogP contribution in [0.3, 0.4) is 0 Å². The zero-order valence-electron chi connectivity index (χ0n) is 18.6. The summed E-state index contributed by atoms with van der Waals surface area (Å²) >= 11 is 12.3. The number of halogens is 2. The van der Waals surface area contributed by atoms with Crippen molar-refractivity contribution in [2.24, 2.45) is 0 Å². The molecule has 0 aliphatic rings. The van der Waals surface area contributed by atoms with Crippen LogP contribution in [0.2, 0.25) is 10.0 Å². The van der Waals surface area contributed by atoms with Crippen LogP contribution in [0.25, 0.3) is 0 Å². The third-order valence-corrected chi connectivity index (χ3v) is 5.78. The lowest BCUT2D eigenvalue weighted by Crippen LogP contribution is -2.51. The topological polar surface area (TPSA) is 49.4 Å². The SMILES string of the molecule is CCCNC(=O)[C@@H](Cc1ccccc1)N(Cc1cccc(Cl)c1)C(=O)Cc1cccc(Cl)c1. The molecule has 0 unspecified atom stereocenters. The highest BCUT2D eigenvalue weighted by molar-refractivity contribution is 6.30. The minimum absolute atomic E-state index is 0.146. The Bertz CT molecular complexity index is 1070. The van der Waals surface area contributed by atoms with Gasteiger partial charge < -0.3 is 10.2 Å². The van der Waals surface area contributed by atoms with Gasteiger partial charge in [-0.3, -0.25) is 9.59 Å². The predicted octanol–water partition coefficient (Wildman–Crippen LogP) is 5.70. The average molecular weight is 483 g/mol. The van der Waals surface area contributed by atoms with Gasteiger partial charge in [-0.25, -0.2) is 0 Å². The lowest BCUT2D eigenvalue weighted by Gasteiger charge is -2.31. The molecule has 0 spiro atoms. The van der Waals surface area contributed by atoms with Crippen molar-refractivity contribution in [3.63, 3.8) is 0 Å². The maximum Gasteiger partial charge on any atom is 0.243 e. The minimum Gasteiger partial charge on any atom is -0.354 e. The Morgan fingerprint density at radius 1 is 0.848 bits per heavy atom. The highest BCUT2D eigenvalue weighted by atomic mass is 35.5. The van der Waals surface area contributed by atoms with Gasteiger partial charge in [0.05, 0.1) is 6.42 Å². The van der Waals surface area contributed by atoms with Gasteiger partial charge in [0.15, 0.2) is 0 Å². The number of rotatable bonds is 10. The number of nitrogens with zero attached hydrogens (tertiary/aromatic N) is 1. The second kappa shape index (κ2) is 12.4. The zero-order chi connectivity index (χ0) is 23.6. The van der Waals surface area contributed by atoms with E-state index >= 15 is 0 Å². The molecule has 3 aromatic rings. The quantitative estimate of drug-likeness (QED) is 0.402. The third-order valence-electron chi connectivity index (χ3n) is 5.31. The van der Waals surface area contributed by atoms with E-state index in [4.69, 9.17) is 23.2 Å². The monoisotopic (exact) mass is 482 g/mol. The molecule has 4 nitrogen and oxygen atoms in total. The first-order valence-electron chi connectivity index (χ1n) is 11.1. The number of carbonyl (C=O) groups excluding carboxylic acids is 2. The van der Waals surface area contributed by atoms with Crippen molar-refractivity contribution in [2.45, 2.75) is 38.8 Å². The van der Waals surface area contributed by atoms with Crippen LogP contribution >= 0.6 is 23.2 Å². The van der Waals surface area contributed by atoms with Crippen molar-refractivity contribution in [3.8, 4) is 0 Å². The number of amides is 2. The van der Waals surface area contributed by atoms with Crippen LogP contribution in [-0.2, 0) is 29.0 Å². The summed E-state index contributed by atoms with van der Waals surface area (Å²) in [5.74, 6) is -0.313. The summed E-state index contributed by atoms with van der Waals surface area (Å²) in [7, 11) is 0. The molecule has 1 N–H and O–H groups in total. The van der Waals surface area contributed by atoms with Gasteiger partial charge in [0.1, 0.15) is 6.04 Å². The van der Waals surface area contributed by atoms with E-state index in [0.29, 0.717) is 23.0 Å². The fourth-order valence-corrected chi connectivity index (χ4v) is 4.10. The van der Waals surface area contributed by atoms with Gasteiger partial charge in [-0.15, -0.1) is 0 Å². The second-order valence-electron chi connectivity index (χ2n) is 7.95. The van der Waals surface area contributed by atoms with Crippen LogP contribution in [0.1, 0.15) is 30.0 Å². The van der Waals surface area contributed by atoms with Crippen molar-refractivity contribution in [1.82, 2.24) is 10.2 Å². The molecule has 0 bridgehead atoms. The van der Waals surface area contributed by atoms with Crippen molar-refractivity contribution < 1.29 is 9.59 Å².